The number of hydrogen-bond donors (Lipinski definition) is 2. The van der Waals surface area contributed by atoms with Gasteiger partial charge >= 0.3 is 0 Å². The van der Waals surface area contributed by atoms with E-state index in [2.05, 4.69) is 13.8 Å². The Hall–Kier alpha value is -1.40. The molecule has 6 heteroatoms. The van der Waals surface area contributed by atoms with E-state index in [1.807, 2.05) is 0 Å². The first kappa shape index (κ1) is 27.6. The van der Waals surface area contributed by atoms with Crippen LogP contribution in [-0.2, 0) is 19.2 Å². The molecule has 0 saturated heterocycles. The lowest BCUT2D eigenvalue weighted by Crippen LogP contribution is -2.19. The lowest BCUT2D eigenvalue weighted by atomic mass is 9.99. The zero-order valence-electron chi connectivity index (χ0n) is 18.3. The number of hydrogen-bond acceptors (Lipinski definition) is 6. The summed E-state index contributed by atoms with van der Waals surface area (Å²) in [5, 5.41) is 19.7. The Balaban J connectivity index is 3.89. The average Bonchev–Trinajstić information content (AvgIpc) is 2.61. The second-order valence-corrected chi connectivity index (χ2v) is 8.05. The first-order valence-electron chi connectivity index (χ1n) is 11.2. The van der Waals surface area contributed by atoms with Gasteiger partial charge in [0, 0.05) is 51.4 Å². The van der Waals surface area contributed by atoms with Crippen molar-refractivity contribution in [1.82, 2.24) is 0 Å². The van der Waals surface area contributed by atoms with Gasteiger partial charge in [0.05, 0.1) is 12.2 Å². The smallest absolute Gasteiger partial charge is 0.135 e. The van der Waals surface area contributed by atoms with E-state index in [1.165, 1.54) is 0 Å². The van der Waals surface area contributed by atoms with Gasteiger partial charge in [-0.05, 0) is 19.3 Å². The molecule has 0 rings (SSSR count). The van der Waals surface area contributed by atoms with Gasteiger partial charge in [0.25, 0.3) is 0 Å². The van der Waals surface area contributed by atoms with E-state index in [9.17, 15) is 29.4 Å². The van der Waals surface area contributed by atoms with Gasteiger partial charge in [0.2, 0.25) is 0 Å². The van der Waals surface area contributed by atoms with E-state index in [0.29, 0.717) is 19.3 Å². The summed E-state index contributed by atoms with van der Waals surface area (Å²) in [4.78, 5) is 47.2. The van der Waals surface area contributed by atoms with Crippen LogP contribution in [-0.4, -0.2) is 45.6 Å². The summed E-state index contributed by atoms with van der Waals surface area (Å²) in [6.45, 7) is 4.11. The van der Waals surface area contributed by atoms with Crippen molar-refractivity contribution in [2.24, 2.45) is 0 Å². The fraction of sp³-hybridized carbons (Fsp3) is 0.826. The van der Waals surface area contributed by atoms with E-state index >= 15 is 0 Å². The summed E-state index contributed by atoms with van der Waals surface area (Å²) in [5.74, 6) is -0.379. The van der Waals surface area contributed by atoms with Crippen molar-refractivity contribution in [3.8, 4) is 0 Å². The molecule has 0 spiro atoms. The average molecular weight is 413 g/mol. The van der Waals surface area contributed by atoms with Crippen molar-refractivity contribution >= 4 is 23.1 Å². The number of Topliss-reactive ketones (excluding diaryl/α,β-unsaturated/α-hetero) is 4. The molecule has 0 aliphatic carbocycles. The molecule has 0 bridgehead atoms. The zero-order valence-corrected chi connectivity index (χ0v) is 18.3. The van der Waals surface area contributed by atoms with Crippen molar-refractivity contribution in [2.75, 3.05) is 0 Å². The highest BCUT2D eigenvalue weighted by atomic mass is 16.3. The molecular weight excluding hydrogens is 372 g/mol. The monoisotopic (exact) mass is 412 g/mol. The molecule has 0 radical (unpaired) electrons. The number of ketones is 4. The normalized spacial score (nSPS) is 13.1. The van der Waals surface area contributed by atoms with Crippen LogP contribution in [0, 0.1) is 0 Å². The SMILES string of the molecule is CCCCCC(=O)CC(O)CC(=O)CCCC(=O)CC(O)CC(=O)CCCCC. The Labute approximate surface area is 175 Å². The van der Waals surface area contributed by atoms with Gasteiger partial charge in [-0.2, -0.15) is 0 Å². The van der Waals surface area contributed by atoms with Crippen molar-refractivity contribution in [1.29, 1.82) is 0 Å². The summed E-state index contributed by atoms with van der Waals surface area (Å²) < 4.78 is 0. The molecule has 168 valence electrons. The fourth-order valence-electron chi connectivity index (χ4n) is 3.23. The Morgan fingerprint density at radius 3 is 1.07 bits per heavy atom. The van der Waals surface area contributed by atoms with Crippen LogP contribution in [0.2, 0.25) is 0 Å². The van der Waals surface area contributed by atoms with Gasteiger partial charge < -0.3 is 10.2 Å². The fourth-order valence-corrected chi connectivity index (χ4v) is 3.23. The first-order valence-corrected chi connectivity index (χ1v) is 11.2. The minimum atomic E-state index is -0.951. The third kappa shape index (κ3) is 17.2. The Kier molecular flexibility index (Phi) is 16.6. The molecule has 0 saturated carbocycles. The highest BCUT2D eigenvalue weighted by molar-refractivity contribution is 5.84. The summed E-state index contributed by atoms with van der Waals surface area (Å²) in [5.41, 5.74) is 0. The van der Waals surface area contributed by atoms with E-state index in [1.54, 1.807) is 0 Å². The van der Waals surface area contributed by atoms with Crippen LogP contribution in [0.1, 0.15) is 110 Å². The predicted octanol–water partition coefficient (Wildman–Crippen LogP) is 3.88. The topological polar surface area (TPSA) is 109 Å². The van der Waals surface area contributed by atoms with Crippen LogP contribution in [0.3, 0.4) is 0 Å². The third-order valence-corrected chi connectivity index (χ3v) is 4.88. The lowest BCUT2D eigenvalue weighted by molar-refractivity contribution is -0.124. The molecule has 0 aromatic heterocycles. The Morgan fingerprint density at radius 1 is 0.517 bits per heavy atom. The maximum atomic E-state index is 11.9. The van der Waals surface area contributed by atoms with Gasteiger partial charge in [-0.1, -0.05) is 39.5 Å². The van der Waals surface area contributed by atoms with E-state index in [-0.39, 0.29) is 61.7 Å². The van der Waals surface area contributed by atoms with Gasteiger partial charge in [0.1, 0.15) is 23.1 Å². The van der Waals surface area contributed by atoms with Crippen LogP contribution in [0.4, 0.5) is 0 Å². The van der Waals surface area contributed by atoms with Crippen molar-refractivity contribution in [2.45, 2.75) is 122 Å². The molecule has 0 aromatic carbocycles. The molecule has 2 N–H and O–H groups in total. The van der Waals surface area contributed by atoms with Crippen molar-refractivity contribution < 1.29 is 29.4 Å². The van der Waals surface area contributed by atoms with Crippen LogP contribution in [0.15, 0.2) is 0 Å². The van der Waals surface area contributed by atoms with Crippen molar-refractivity contribution in [3.63, 3.8) is 0 Å². The molecular formula is C23H40O6. The van der Waals surface area contributed by atoms with Gasteiger partial charge in [-0.3, -0.25) is 19.2 Å². The first-order chi connectivity index (χ1) is 13.8. The Bertz CT molecular complexity index is 456. The standard InChI is InChI=1S/C23H40O6/c1-3-5-7-10-18(24)14-22(28)16-20(26)12-9-13-21(27)17-23(29)15-19(25)11-8-6-4-2/h22-23,28-29H,3-17H2,1-2H3. The zero-order chi connectivity index (χ0) is 22.1. The van der Waals surface area contributed by atoms with Crippen LogP contribution in [0.25, 0.3) is 0 Å². The summed E-state index contributed by atoms with van der Waals surface area (Å²) in [6, 6.07) is 0. The molecule has 6 nitrogen and oxygen atoms in total. The third-order valence-electron chi connectivity index (χ3n) is 4.88. The largest absolute Gasteiger partial charge is 0.392 e. The second-order valence-electron chi connectivity index (χ2n) is 8.05. The second kappa shape index (κ2) is 17.5. The molecule has 0 aromatic rings. The molecule has 0 amide bonds. The number of rotatable bonds is 20. The summed E-state index contributed by atoms with van der Waals surface area (Å²) >= 11 is 0. The maximum absolute atomic E-state index is 11.9. The van der Waals surface area contributed by atoms with Crippen LogP contribution in [0.5, 0.6) is 0 Å². The molecule has 0 fully saturated rings. The predicted molar refractivity (Wildman–Crippen MR) is 113 cm³/mol. The van der Waals surface area contributed by atoms with Gasteiger partial charge in [-0.25, -0.2) is 0 Å². The highest BCUT2D eigenvalue weighted by Crippen LogP contribution is 2.11. The minimum Gasteiger partial charge on any atom is -0.392 e. The van der Waals surface area contributed by atoms with E-state index < -0.39 is 12.2 Å². The number of carbonyl (C=O) groups excluding carboxylic acids is 4. The quantitative estimate of drug-likeness (QED) is 0.294. The van der Waals surface area contributed by atoms with Gasteiger partial charge in [-0.15, -0.1) is 0 Å². The summed E-state index contributed by atoms with van der Waals surface area (Å²) in [6.07, 6.45) is 5.19. The molecule has 2 unspecified atom stereocenters. The molecule has 29 heavy (non-hydrogen) atoms. The summed E-state index contributed by atoms with van der Waals surface area (Å²) in [7, 11) is 0. The minimum absolute atomic E-state index is 0.00681. The molecule has 0 aliphatic rings. The highest BCUT2D eigenvalue weighted by Gasteiger charge is 2.17. The van der Waals surface area contributed by atoms with Gasteiger partial charge in [0.15, 0.2) is 0 Å². The number of unbranched alkanes of at least 4 members (excludes halogenated alkanes) is 4. The van der Waals surface area contributed by atoms with E-state index in [4.69, 9.17) is 0 Å². The lowest BCUT2D eigenvalue weighted by Gasteiger charge is -2.10. The molecule has 0 heterocycles. The Morgan fingerprint density at radius 2 is 0.793 bits per heavy atom. The molecule has 2 atom stereocenters. The maximum Gasteiger partial charge on any atom is 0.135 e. The molecule has 0 aliphatic heterocycles. The number of aliphatic hydroxyl groups is 2. The van der Waals surface area contributed by atoms with Crippen LogP contribution < -0.4 is 0 Å². The van der Waals surface area contributed by atoms with Crippen LogP contribution >= 0.6 is 0 Å². The number of aliphatic hydroxyl groups excluding tert-OH is 2. The van der Waals surface area contributed by atoms with E-state index in [0.717, 1.165) is 38.5 Å². The number of carbonyl (C=O) groups is 4. The van der Waals surface area contributed by atoms with Crippen molar-refractivity contribution in [3.05, 3.63) is 0 Å².